The predicted molar refractivity (Wildman–Crippen MR) is 94.2 cm³/mol. The lowest BCUT2D eigenvalue weighted by molar-refractivity contribution is 0.0700. The molecule has 3 rings (SSSR count). The number of ether oxygens (including phenoxy) is 1. The minimum absolute atomic E-state index is 0.457. The normalized spacial score (nSPS) is 21.8. The Hall–Kier alpha value is -0.770. The van der Waals surface area contributed by atoms with Crippen molar-refractivity contribution in [2.45, 2.75) is 44.6 Å². The molecule has 2 heterocycles. The van der Waals surface area contributed by atoms with Crippen molar-refractivity contribution in [2.75, 3.05) is 5.75 Å². The van der Waals surface area contributed by atoms with E-state index in [2.05, 4.69) is 49.6 Å². The summed E-state index contributed by atoms with van der Waals surface area (Å²) in [5.41, 5.74) is 4.25. The number of hydrogen-bond acceptors (Lipinski definition) is 3. The topological polar surface area (TPSA) is 9.23 Å². The molecule has 1 aromatic carbocycles. The van der Waals surface area contributed by atoms with Crippen molar-refractivity contribution in [3.8, 4) is 11.1 Å². The second kappa shape index (κ2) is 6.99. The molecule has 112 valence electrons. The fourth-order valence-electron chi connectivity index (χ4n) is 2.82. The first-order valence-electron chi connectivity index (χ1n) is 7.59. The standard InChI is InChI=1S/C18H22OS2/c1-13-8-9-16(19-13)10-20-11-17-14(2)21-12-18(17)15-6-4-3-5-7-15/h3-7,12-13,16H,8-11H2,1-2H3. The highest BCUT2D eigenvalue weighted by atomic mass is 32.2. The summed E-state index contributed by atoms with van der Waals surface area (Å²) in [6.07, 6.45) is 3.36. The molecule has 1 fully saturated rings. The van der Waals surface area contributed by atoms with Gasteiger partial charge in [0, 0.05) is 16.4 Å². The predicted octanol–water partition coefficient (Wildman–Crippen LogP) is 5.52. The lowest BCUT2D eigenvalue weighted by Crippen LogP contribution is -2.11. The molecule has 0 radical (unpaired) electrons. The fraction of sp³-hybridized carbons (Fsp3) is 0.444. The van der Waals surface area contributed by atoms with Crippen molar-refractivity contribution in [2.24, 2.45) is 0 Å². The van der Waals surface area contributed by atoms with Gasteiger partial charge in [-0.25, -0.2) is 0 Å². The zero-order chi connectivity index (χ0) is 14.7. The van der Waals surface area contributed by atoms with E-state index in [1.165, 1.54) is 34.4 Å². The third kappa shape index (κ3) is 3.71. The highest BCUT2D eigenvalue weighted by Crippen LogP contribution is 2.34. The van der Waals surface area contributed by atoms with Gasteiger partial charge in [0.05, 0.1) is 12.2 Å². The molecule has 1 aliphatic rings. The Balaban J connectivity index is 1.64. The summed E-state index contributed by atoms with van der Waals surface area (Å²) >= 11 is 3.88. The van der Waals surface area contributed by atoms with Gasteiger partial charge in [-0.1, -0.05) is 30.3 Å². The van der Waals surface area contributed by atoms with Gasteiger partial charge >= 0.3 is 0 Å². The highest BCUT2D eigenvalue weighted by Gasteiger charge is 2.21. The van der Waals surface area contributed by atoms with E-state index in [1.54, 1.807) is 0 Å². The van der Waals surface area contributed by atoms with Gasteiger partial charge in [0.25, 0.3) is 0 Å². The van der Waals surface area contributed by atoms with Crippen LogP contribution in [0.1, 0.15) is 30.2 Å². The first-order chi connectivity index (χ1) is 10.2. The van der Waals surface area contributed by atoms with E-state index in [1.807, 2.05) is 23.1 Å². The quantitative estimate of drug-likeness (QED) is 0.717. The second-order valence-corrected chi connectivity index (χ2v) is 7.83. The summed E-state index contributed by atoms with van der Waals surface area (Å²) < 4.78 is 5.91. The van der Waals surface area contributed by atoms with Crippen LogP contribution in [-0.2, 0) is 10.5 Å². The van der Waals surface area contributed by atoms with Crippen LogP contribution in [0.5, 0.6) is 0 Å². The molecule has 0 aliphatic carbocycles. The molecule has 0 bridgehead atoms. The molecular formula is C18H22OS2. The maximum atomic E-state index is 5.91. The minimum atomic E-state index is 0.457. The number of thiophene rings is 1. The van der Waals surface area contributed by atoms with E-state index in [9.17, 15) is 0 Å². The van der Waals surface area contributed by atoms with E-state index in [0.29, 0.717) is 12.2 Å². The first kappa shape index (κ1) is 15.1. The first-order valence-corrected chi connectivity index (χ1v) is 9.63. The molecular weight excluding hydrogens is 296 g/mol. The Kier molecular flexibility index (Phi) is 5.04. The van der Waals surface area contributed by atoms with Crippen LogP contribution >= 0.6 is 23.1 Å². The maximum Gasteiger partial charge on any atom is 0.0670 e. The van der Waals surface area contributed by atoms with E-state index in [0.717, 1.165) is 11.5 Å². The van der Waals surface area contributed by atoms with Crippen molar-refractivity contribution in [3.63, 3.8) is 0 Å². The Morgan fingerprint density at radius 3 is 2.76 bits per heavy atom. The van der Waals surface area contributed by atoms with Crippen molar-refractivity contribution < 1.29 is 4.74 Å². The largest absolute Gasteiger partial charge is 0.374 e. The van der Waals surface area contributed by atoms with Crippen LogP contribution in [0.2, 0.25) is 0 Å². The van der Waals surface area contributed by atoms with Crippen LogP contribution in [0.15, 0.2) is 35.7 Å². The van der Waals surface area contributed by atoms with Crippen molar-refractivity contribution >= 4 is 23.1 Å². The van der Waals surface area contributed by atoms with Crippen molar-refractivity contribution in [1.29, 1.82) is 0 Å². The van der Waals surface area contributed by atoms with E-state index < -0.39 is 0 Å². The minimum Gasteiger partial charge on any atom is -0.374 e. The van der Waals surface area contributed by atoms with Crippen LogP contribution in [0.3, 0.4) is 0 Å². The average Bonchev–Trinajstić information content (AvgIpc) is 3.07. The summed E-state index contributed by atoms with van der Waals surface area (Å²) in [5, 5.41) is 2.30. The smallest absolute Gasteiger partial charge is 0.0670 e. The third-order valence-corrected chi connectivity index (χ3v) is 6.11. The van der Waals surface area contributed by atoms with Crippen LogP contribution in [0.4, 0.5) is 0 Å². The fourth-order valence-corrected chi connectivity index (χ4v) is 5.01. The Labute approximate surface area is 135 Å². The molecule has 0 amide bonds. The molecule has 3 heteroatoms. The summed E-state index contributed by atoms with van der Waals surface area (Å²) in [6, 6.07) is 10.7. The third-order valence-electron chi connectivity index (χ3n) is 4.06. The van der Waals surface area contributed by atoms with Crippen molar-refractivity contribution in [1.82, 2.24) is 0 Å². The van der Waals surface area contributed by atoms with Crippen LogP contribution < -0.4 is 0 Å². The van der Waals surface area contributed by atoms with Crippen molar-refractivity contribution in [3.05, 3.63) is 46.2 Å². The number of benzene rings is 1. The summed E-state index contributed by atoms with van der Waals surface area (Å²) in [5.74, 6) is 2.21. The SMILES string of the molecule is Cc1scc(-c2ccccc2)c1CSCC1CCC(C)O1. The van der Waals surface area contributed by atoms with Gasteiger partial charge < -0.3 is 4.74 Å². The molecule has 0 spiro atoms. The van der Waals surface area contributed by atoms with E-state index in [-0.39, 0.29) is 0 Å². The van der Waals surface area contributed by atoms with Gasteiger partial charge in [0.2, 0.25) is 0 Å². The lowest BCUT2D eigenvalue weighted by atomic mass is 10.0. The van der Waals surface area contributed by atoms with Crippen LogP contribution in [0.25, 0.3) is 11.1 Å². The second-order valence-electron chi connectivity index (χ2n) is 5.71. The molecule has 2 atom stereocenters. The van der Waals surface area contributed by atoms with Gasteiger partial charge in [-0.3, -0.25) is 0 Å². The van der Waals surface area contributed by atoms with Gasteiger partial charge in [-0.15, -0.1) is 11.3 Å². The maximum absolute atomic E-state index is 5.91. The van der Waals surface area contributed by atoms with E-state index in [4.69, 9.17) is 4.74 Å². The summed E-state index contributed by atoms with van der Waals surface area (Å²) in [6.45, 7) is 4.42. The number of aryl methyl sites for hydroxylation is 1. The number of thioether (sulfide) groups is 1. The highest BCUT2D eigenvalue weighted by molar-refractivity contribution is 7.98. The monoisotopic (exact) mass is 318 g/mol. The summed E-state index contributed by atoms with van der Waals surface area (Å²) in [7, 11) is 0. The van der Waals surface area contributed by atoms with Gasteiger partial charge in [0.1, 0.15) is 0 Å². The van der Waals surface area contributed by atoms with E-state index >= 15 is 0 Å². The van der Waals surface area contributed by atoms with Gasteiger partial charge in [-0.05, 0) is 48.8 Å². The molecule has 1 saturated heterocycles. The van der Waals surface area contributed by atoms with Crippen LogP contribution in [-0.4, -0.2) is 18.0 Å². The number of hydrogen-bond donors (Lipinski definition) is 0. The molecule has 1 nitrogen and oxygen atoms in total. The Morgan fingerprint density at radius 2 is 2.05 bits per heavy atom. The molecule has 0 N–H and O–H groups in total. The average molecular weight is 319 g/mol. The number of rotatable bonds is 5. The molecule has 21 heavy (non-hydrogen) atoms. The van der Waals surface area contributed by atoms with Gasteiger partial charge in [-0.2, -0.15) is 11.8 Å². The zero-order valence-corrected chi connectivity index (χ0v) is 14.3. The molecule has 0 saturated carbocycles. The molecule has 1 aliphatic heterocycles. The zero-order valence-electron chi connectivity index (χ0n) is 12.7. The van der Waals surface area contributed by atoms with Crippen LogP contribution in [0, 0.1) is 6.92 Å². The van der Waals surface area contributed by atoms with Gasteiger partial charge in [0.15, 0.2) is 0 Å². The Bertz CT molecular complexity index is 576. The lowest BCUT2D eigenvalue weighted by Gasteiger charge is -2.11. The molecule has 1 aromatic heterocycles. The Morgan fingerprint density at radius 1 is 1.24 bits per heavy atom. The summed E-state index contributed by atoms with van der Waals surface area (Å²) in [4.78, 5) is 1.45. The molecule has 2 aromatic rings. The molecule has 2 unspecified atom stereocenters.